The first-order chi connectivity index (χ1) is 11.5. The molecule has 0 aromatic heterocycles. The maximum atomic E-state index is 12.7. The summed E-state index contributed by atoms with van der Waals surface area (Å²) < 4.78 is 11.0. The lowest BCUT2D eigenvalue weighted by molar-refractivity contribution is -0.135. The zero-order valence-electron chi connectivity index (χ0n) is 13.4. The Morgan fingerprint density at radius 1 is 1.12 bits per heavy atom. The molecule has 0 saturated heterocycles. The quantitative estimate of drug-likeness (QED) is 0.472. The first-order valence-electron chi connectivity index (χ1n) is 7.74. The molecule has 1 atom stereocenters. The van der Waals surface area contributed by atoms with Crippen LogP contribution < -0.4 is 9.47 Å². The fourth-order valence-corrected chi connectivity index (χ4v) is 2.64. The highest BCUT2D eigenvalue weighted by atomic mass is 35.5. The Labute approximate surface area is 145 Å². The number of rotatable bonds is 4. The minimum absolute atomic E-state index is 0.247. The molecule has 0 saturated carbocycles. The Morgan fingerprint density at radius 2 is 1.83 bits per heavy atom. The van der Waals surface area contributed by atoms with E-state index in [-0.39, 0.29) is 11.5 Å². The number of hydrogen-bond donors (Lipinski definition) is 0. The number of carbonyl (C=O) groups excluding carboxylic acids is 2. The molecule has 0 amide bonds. The SMILES string of the molecule is CC(C)COc1ccc2c(c1)OC(=O)C(c1ccc(Cl)cc1)C2=O. The lowest BCUT2D eigenvalue weighted by atomic mass is 9.88. The van der Waals surface area contributed by atoms with Gasteiger partial charge in [-0.1, -0.05) is 37.6 Å². The van der Waals surface area contributed by atoms with E-state index in [9.17, 15) is 9.59 Å². The average molecular weight is 345 g/mol. The van der Waals surface area contributed by atoms with Crippen molar-refractivity contribution in [2.24, 2.45) is 5.92 Å². The normalized spacial score (nSPS) is 16.8. The number of halogens is 1. The monoisotopic (exact) mass is 344 g/mol. The Bertz CT molecular complexity index is 780. The Balaban J connectivity index is 1.89. The number of Topliss-reactive ketones (excluding diaryl/α,β-unsaturated/α-hetero) is 1. The zero-order chi connectivity index (χ0) is 17.3. The van der Waals surface area contributed by atoms with Gasteiger partial charge >= 0.3 is 5.97 Å². The summed E-state index contributed by atoms with van der Waals surface area (Å²) in [6.45, 7) is 4.63. The summed E-state index contributed by atoms with van der Waals surface area (Å²) in [5.74, 6) is -0.629. The van der Waals surface area contributed by atoms with Gasteiger partial charge in [0.25, 0.3) is 0 Å². The summed E-state index contributed by atoms with van der Waals surface area (Å²) in [4.78, 5) is 25.0. The van der Waals surface area contributed by atoms with Gasteiger partial charge in [0.1, 0.15) is 17.4 Å². The summed E-state index contributed by atoms with van der Waals surface area (Å²) in [7, 11) is 0. The average Bonchev–Trinajstić information content (AvgIpc) is 2.54. The van der Waals surface area contributed by atoms with Crippen molar-refractivity contribution in [3.8, 4) is 11.5 Å². The van der Waals surface area contributed by atoms with Crippen LogP contribution in [0.3, 0.4) is 0 Å². The van der Waals surface area contributed by atoms with Crippen LogP contribution in [0, 0.1) is 5.92 Å². The minimum atomic E-state index is -0.961. The van der Waals surface area contributed by atoms with Crippen molar-refractivity contribution in [3.05, 3.63) is 58.6 Å². The first kappa shape index (κ1) is 16.5. The molecule has 2 aromatic rings. The van der Waals surface area contributed by atoms with Crippen LogP contribution in [0.2, 0.25) is 5.02 Å². The van der Waals surface area contributed by atoms with Gasteiger partial charge in [0.05, 0.1) is 12.2 Å². The van der Waals surface area contributed by atoms with Gasteiger partial charge in [0.15, 0.2) is 5.78 Å². The second kappa shape index (κ2) is 6.65. The van der Waals surface area contributed by atoms with E-state index < -0.39 is 11.9 Å². The third-order valence-electron chi connectivity index (χ3n) is 3.71. The first-order valence-corrected chi connectivity index (χ1v) is 8.11. The summed E-state index contributed by atoms with van der Waals surface area (Å²) >= 11 is 5.86. The van der Waals surface area contributed by atoms with Crippen LogP contribution in [0.15, 0.2) is 42.5 Å². The third-order valence-corrected chi connectivity index (χ3v) is 3.97. The summed E-state index contributed by atoms with van der Waals surface area (Å²) in [5.41, 5.74) is 0.951. The lowest BCUT2D eigenvalue weighted by Gasteiger charge is -2.23. The van der Waals surface area contributed by atoms with Crippen molar-refractivity contribution in [1.82, 2.24) is 0 Å². The number of ether oxygens (including phenoxy) is 2. The maximum Gasteiger partial charge on any atom is 0.326 e. The van der Waals surface area contributed by atoms with Gasteiger partial charge in [-0.15, -0.1) is 0 Å². The molecule has 0 fully saturated rings. The molecular formula is C19H17ClO4. The van der Waals surface area contributed by atoms with Gasteiger partial charge < -0.3 is 9.47 Å². The number of benzene rings is 2. The number of esters is 1. The molecular weight excluding hydrogens is 328 g/mol. The number of fused-ring (bicyclic) bond motifs is 1. The number of carbonyl (C=O) groups is 2. The van der Waals surface area contributed by atoms with Crippen molar-refractivity contribution in [1.29, 1.82) is 0 Å². The van der Waals surface area contributed by atoms with Crippen LogP contribution in [-0.2, 0) is 4.79 Å². The van der Waals surface area contributed by atoms with E-state index in [1.165, 1.54) is 0 Å². The molecule has 0 spiro atoms. The molecule has 1 unspecified atom stereocenters. The number of hydrogen-bond acceptors (Lipinski definition) is 4. The van der Waals surface area contributed by atoms with Gasteiger partial charge in [0, 0.05) is 11.1 Å². The van der Waals surface area contributed by atoms with E-state index in [0.717, 1.165) is 0 Å². The molecule has 1 aliphatic rings. The van der Waals surface area contributed by atoms with E-state index in [0.29, 0.717) is 34.4 Å². The van der Waals surface area contributed by atoms with Gasteiger partial charge in [-0.25, -0.2) is 0 Å². The van der Waals surface area contributed by atoms with Gasteiger partial charge in [-0.05, 0) is 35.7 Å². The van der Waals surface area contributed by atoms with Crippen LogP contribution in [-0.4, -0.2) is 18.4 Å². The Morgan fingerprint density at radius 3 is 2.50 bits per heavy atom. The van der Waals surface area contributed by atoms with Crippen molar-refractivity contribution in [3.63, 3.8) is 0 Å². The second-order valence-corrected chi connectivity index (χ2v) is 6.57. The van der Waals surface area contributed by atoms with Gasteiger partial charge in [-0.3, -0.25) is 9.59 Å². The Kier molecular flexibility index (Phi) is 4.58. The predicted molar refractivity (Wildman–Crippen MR) is 90.9 cm³/mol. The highest BCUT2D eigenvalue weighted by Gasteiger charge is 2.37. The molecule has 2 aromatic carbocycles. The molecule has 124 valence electrons. The van der Waals surface area contributed by atoms with Gasteiger partial charge in [-0.2, -0.15) is 0 Å². The highest BCUT2D eigenvalue weighted by molar-refractivity contribution is 6.30. The fourth-order valence-electron chi connectivity index (χ4n) is 2.52. The molecule has 0 bridgehead atoms. The maximum absolute atomic E-state index is 12.7. The molecule has 1 aliphatic heterocycles. The van der Waals surface area contributed by atoms with Crippen molar-refractivity contribution < 1.29 is 19.1 Å². The third kappa shape index (κ3) is 3.29. The molecule has 1 heterocycles. The van der Waals surface area contributed by atoms with E-state index in [4.69, 9.17) is 21.1 Å². The standard InChI is InChI=1S/C19H17ClO4/c1-11(2)10-23-14-7-8-15-16(9-14)24-19(22)17(18(15)21)12-3-5-13(20)6-4-12/h3-9,11,17H,10H2,1-2H3. The zero-order valence-corrected chi connectivity index (χ0v) is 14.2. The van der Waals surface area contributed by atoms with E-state index in [2.05, 4.69) is 0 Å². The smallest absolute Gasteiger partial charge is 0.326 e. The summed E-state index contributed by atoms with van der Waals surface area (Å²) in [5, 5.41) is 0.544. The van der Waals surface area contributed by atoms with Crippen molar-refractivity contribution in [2.45, 2.75) is 19.8 Å². The summed E-state index contributed by atoms with van der Waals surface area (Å²) in [6, 6.07) is 11.6. The van der Waals surface area contributed by atoms with Crippen LogP contribution in [0.4, 0.5) is 0 Å². The molecule has 0 N–H and O–H groups in total. The van der Waals surface area contributed by atoms with Crippen molar-refractivity contribution >= 4 is 23.4 Å². The van der Waals surface area contributed by atoms with E-state index in [1.807, 2.05) is 13.8 Å². The van der Waals surface area contributed by atoms with Gasteiger partial charge in [0.2, 0.25) is 0 Å². The van der Waals surface area contributed by atoms with Crippen LogP contribution in [0.25, 0.3) is 0 Å². The topological polar surface area (TPSA) is 52.6 Å². The second-order valence-electron chi connectivity index (χ2n) is 6.13. The molecule has 24 heavy (non-hydrogen) atoms. The van der Waals surface area contributed by atoms with Crippen molar-refractivity contribution in [2.75, 3.05) is 6.61 Å². The fraction of sp³-hybridized carbons (Fsp3) is 0.263. The lowest BCUT2D eigenvalue weighted by Crippen LogP contribution is -2.31. The highest BCUT2D eigenvalue weighted by Crippen LogP contribution is 2.36. The van der Waals surface area contributed by atoms with Crippen LogP contribution in [0.1, 0.15) is 35.7 Å². The van der Waals surface area contributed by atoms with E-state index >= 15 is 0 Å². The molecule has 3 rings (SSSR count). The predicted octanol–water partition coefficient (Wildman–Crippen LogP) is 4.26. The van der Waals surface area contributed by atoms with E-state index in [1.54, 1.807) is 42.5 Å². The number of ketones is 1. The Hall–Kier alpha value is -2.33. The molecule has 5 heteroatoms. The molecule has 0 radical (unpaired) electrons. The van der Waals surface area contributed by atoms with Crippen LogP contribution in [0.5, 0.6) is 11.5 Å². The molecule has 0 aliphatic carbocycles. The minimum Gasteiger partial charge on any atom is -0.493 e. The summed E-state index contributed by atoms with van der Waals surface area (Å²) in [6.07, 6.45) is 0. The van der Waals surface area contributed by atoms with Crippen LogP contribution >= 0.6 is 11.6 Å². The molecule has 4 nitrogen and oxygen atoms in total. The largest absolute Gasteiger partial charge is 0.493 e.